The van der Waals surface area contributed by atoms with Crippen molar-refractivity contribution in [1.29, 1.82) is 0 Å². The van der Waals surface area contributed by atoms with E-state index in [-0.39, 0.29) is 0 Å². The second-order valence-electron chi connectivity index (χ2n) is 4.93. The quantitative estimate of drug-likeness (QED) is 0.825. The molecule has 0 aliphatic heterocycles. The topological polar surface area (TPSA) is 29.3 Å². The van der Waals surface area contributed by atoms with Crippen LogP contribution in [0.3, 0.4) is 0 Å². The Morgan fingerprint density at radius 1 is 1.10 bits per heavy atom. The Hall–Kier alpha value is -1.87. The molecule has 2 N–H and O–H groups in total. The fourth-order valence-electron chi connectivity index (χ4n) is 2.19. The van der Waals surface area contributed by atoms with Gasteiger partial charge in [0.1, 0.15) is 4.99 Å². The zero-order valence-corrected chi connectivity index (χ0v) is 12.6. The Kier molecular flexibility index (Phi) is 5.13. The summed E-state index contributed by atoms with van der Waals surface area (Å²) in [6, 6.07) is 18.7. The van der Waals surface area contributed by atoms with Crippen LogP contribution >= 0.6 is 12.2 Å². The zero-order chi connectivity index (χ0) is 14.4. The third-order valence-corrected chi connectivity index (χ3v) is 3.61. The molecule has 0 unspecified atom stereocenters. The second kappa shape index (κ2) is 7.06. The van der Waals surface area contributed by atoms with Gasteiger partial charge in [-0.3, -0.25) is 0 Å². The number of hydrogen-bond acceptors (Lipinski definition) is 2. The molecule has 104 valence electrons. The molecule has 0 amide bonds. The molecule has 20 heavy (non-hydrogen) atoms. The first-order valence-electron chi connectivity index (χ1n) is 6.82. The number of benzene rings is 2. The predicted molar refractivity (Wildman–Crippen MR) is 90.4 cm³/mol. The van der Waals surface area contributed by atoms with Crippen molar-refractivity contribution in [3.63, 3.8) is 0 Å². The van der Waals surface area contributed by atoms with Gasteiger partial charge in [-0.25, -0.2) is 0 Å². The largest absolute Gasteiger partial charge is 0.389 e. The first kappa shape index (κ1) is 14.5. The van der Waals surface area contributed by atoms with E-state index in [9.17, 15) is 0 Å². The van der Waals surface area contributed by atoms with Gasteiger partial charge in [0.05, 0.1) is 0 Å². The number of anilines is 1. The number of nitrogens with two attached hydrogens (primary N) is 1. The first-order chi connectivity index (χ1) is 9.66. The molecule has 0 atom stereocenters. The van der Waals surface area contributed by atoms with E-state index < -0.39 is 0 Å². The van der Waals surface area contributed by atoms with Crippen molar-refractivity contribution < 1.29 is 0 Å². The lowest BCUT2D eigenvalue weighted by Gasteiger charge is -2.20. The molecule has 0 bridgehead atoms. The third-order valence-electron chi connectivity index (χ3n) is 3.37. The minimum atomic E-state index is 0.449. The lowest BCUT2D eigenvalue weighted by atomic mass is 10.1. The minimum Gasteiger partial charge on any atom is -0.389 e. The summed E-state index contributed by atoms with van der Waals surface area (Å²) in [5.41, 5.74) is 9.14. The lowest BCUT2D eigenvalue weighted by molar-refractivity contribution is 0.786. The van der Waals surface area contributed by atoms with E-state index in [2.05, 4.69) is 48.3 Å². The average Bonchev–Trinajstić information content (AvgIpc) is 2.48. The van der Waals surface area contributed by atoms with Gasteiger partial charge in [0, 0.05) is 24.8 Å². The van der Waals surface area contributed by atoms with E-state index in [4.69, 9.17) is 18.0 Å². The van der Waals surface area contributed by atoms with Crippen LogP contribution in [-0.2, 0) is 6.42 Å². The number of aryl methyl sites for hydroxylation is 1. The van der Waals surface area contributed by atoms with E-state index in [0.29, 0.717) is 4.99 Å². The van der Waals surface area contributed by atoms with Crippen LogP contribution in [0, 0.1) is 0 Å². The van der Waals surface area contributed by atoms with Crippen LogP contribution in [0.25, 0.3) is 0 Å². The maximum Gasteiger partial charge on any atom is 0.104 e. The van der Waals surface area contributed by atoms with Gasteiger partial charge in [-0.1, -0.05) is 54.7 Å². The normalized spacial score (nSPS) is 10.2. The van der Waals surface area contributed by atoms with Crippen LogP contribution in [0.1, 0.15) is 17.5 Å². The monoisotopic (exact) mass is 284 g/mol. The smallest absolute Gasteiger partial charge is 0.104 e. The van der Waals surface area contributed by atoms with Crippen molar-refractivity contribution in [1.82, 2.24) is 0 Å². The van der Waals surface area contributed by atoms with Crippen molar-refractivity contribution in [2.24, 2.45) is 5.73 Å². The molecule has 3 heteroatoms. The first-order valence-corrected chi connectivity index (χ1v) is 7.22. The van der Waals surface area contributed by atoms with Crippen molar-refractivity contribution in [2.75, 3.05) is 18.5 Å². The Balaban J connectivity index is 1.90. The second-order valence-corrected chi connectivity index (χ2v) is 5.37. The highest BCUT2D eigenvalue weighted by molar-refractivity contribution is 7.80. The molecule has 2 rings (SSSR count). The summed E-state index contributed by atoms with van der Waals surface area (Å²) in [5.74, 6) is 0. The number of nitrogens with zero attached hydrogens (tertiary/aromatic N) is 1. The average molecular weight is 284 g/mol. The fraction of sp³-hybridized carbons (Fsp3) is 0.235. The van der Waals surface area contributed by atoms with E-state index in [1.165, 1.54) is 5.56 Å². The van der Waals surface area contributed by atoms with Gasteiger partial charge in [-0.15, -0.1) is 0 Å². The van der Waals surface area contributed by atoms with E-state index in [1.807, 2.05) is 18.2 Å². The lowest BCUT2D eigenvalue weighted by Crippen LogP contribution is -2.20. The third kappa shape index (κ3) is 4.07. The molecule has 0 spiro atoms. The summed E-state index contributed by atoms with van der Waals surface area (Å²) in [6.07, 6.45) is 2.22. The summed E-state index contributed by atoms with van der Waals surface area (Å²) in [6.45, 7) is 1.01. The van der Waals surface area contributed by atoms with Crippen LogP contribution in [0.5, 0.6) is 0 Å². The van der Waals surface area contributed by atoms with Gasteiger partial charge in [0.2, 0.25) is 0 Å². The number of rotatable bonds is 6. The fourth-order valence-corrected chi connectivity index (χ4v) is 2.32. The molecule has 0 aromatic heterocycles. The summed E-state index contributed by atoms with van der Waals surface area (Å²) in [4.78, 5) is 2.69. The summed E-state index contributed by atoms with van der Waals surface area (Å²) >= 11 is 5.02. The van der Waals surface area contributed by atoms with Crippen LogP contribution in [0.15, 0.2) is 54.6 Å². The highest BCUT2D eigenvalue weighted by atomic mass is 32.1. The van der Waals surface area contributed by atoms with Crippen LogP contribution < -0.4 is 10.6 Å². The number of hydrogen-bond donors (Lipinski definition) is 1. The standard InChI is InChI=1S/C17H20N2S/c1-19(12-6-9-14-7-3-2-4-8-14)16-11-5-10-15(13-16)17(18)20/h2-5,7-8,10-11,13H,6,9,12H2,1H3,(H2,18,20). The predicted octanol–water partition coefficient (Wildman–Crippen LogP) is 3.39. The van der Waals surface area contributed by atoms with Gasteiger partial charge < -0.3 is 10.6 Å². The minimum absolute atomic E-state index is 0.449. The van der Waals surface area contributed by atoms with Gasteiger partial charge >= 0.3 is 0 Å². The van der Waals surface area contributed by atoms with Crippen molar-refractivity contribution in [2.45, 2.75) is 12.8 Å². The molecule has 0 radical (unpaired) electrons. The van der Waals surface area contributed by atoms with Gasteiger partial charge in [0.15, 0.2) is 0 Å². The molecular weight excluding hydrogens is 264 g/mol. The van der Waals surface area contributed by atoms with Crippen molar-refractivity contribution in [3.05, 3.63) is 65.7 Å². The van der Waals surface area contributed by atoms with Gasteiger partial charge in [-0.05, 0) is 30.5 Å². The SMILES string of the molecule is CN(CCCc1ccccc1)c1cccc(C(N)=S)c1. The molecule has 0 saturated heterocycles. The van der Waals surface area contributed by atoms with Crippen molar-refractivity contribution >= 4 is 22.9 Å². The Labute approximate surface area is 126 Å². The Morgan fingerprint density at radius 2 is 1.85 bits per heavy atom. The molecule has 0 fully saturated rings. The molecule has 2 aromatic rings. The van der Waals surface area contributed by atoms with Crippen LogP contribution in [0.4, 0.5) is 5.69 Å². The highest BCUT2D eigenvalue weighted by Crippen LogP contribution is 2.15. The Morgan fingerprint density at radius 3 is 2.55 bits per heavy atom. The summed E-state index contributed by atoms with van der Waals surface area (Å²) in [5, 5.41) is 0. The summed E-state index contributed by atoms with van der Waals surface area (Å²) < 4.78 is 0. The molecule has 0 saturated carbocycles. The van der Waals surface area contributed by atoms with E-state index in [1.54, 1.807) is 0 Å². The van der Waals surface area contributed by atoms with Crippen LogP contribution in [0.2, 0.25) is 0 Å². The molecule has 0 aliphatic carbocycles. The number of thiocarbonyl (C=S) groups is 1. The highest BCUT2D eigenvalue weighted by Gasteiger charge is 2.03. The maximum absolute atomic E-state index is 5.67. The molecular formula is C17H20N2S. The Bertz CT molecular complexity index is 566. The zero-order valence-electron chi connectivity index (χ0n) is 11.8. The van der Waals surface area contributed by atoms with E-state index >= 15 is 0 Å². The molecule has 0 heterocycles. The molecule has 0 aliphatic rings. The van der Waals surface area contributed by atoms with Gasteiger partial charge in [0.25, 0.3) is 0 Å². The van der Waals surface area contributed by atoms with Crippen LogP contribution in [-0.4, -0.2) is 18.6 Å². The molecule has 2 nitrogen and oxygen atoms in total. The maximum atomic E-state index is 5.67. The molecule has 2 aromatic carbocycles. The van der Waals surface area contributed by atoms with Gasteiger partial charge in [-0.2, -0.15) is 0 Å². The van der Waals surface area contributed by atoms with E-state index in [0.717, 1.165) is 30.6 Å². The van der Waals surface area contributed by atoms with Crippen molar-refractivity contribution in [3.8, 4) is 0 Å². The summed E-state index contributed by atoms with van der Waals surface area (Å²) in [7, 11) is 2.10.